The van der Waals surface area contributed by atoms with Crippen molar-refractivity contribution in [2.24, 2.45) is 0 Å². The fraction of sp³-hybridized carbons (Fsp3) is 0. The summed E-state index contributed by atoms with van der Waals surface area (Å²) in [6.45, 7) is 0. The number of aromatic hydroxyl groups is 1. The van der Waals surface area contributed by atoms with Crippen LogP contribution in [0.1, 0.15) is 0 Å². The minimum absolute atomic E-state index is 0.0470. The zero-order chi connectivity index (χ0) is 13.6. The number of nitrogens with two attached hydrogens (primary N) is 1. The molecule has 96 valence electrons. The summed E-state index contributed by atoms with van der Waals surface area (Å²) in [4.78, 5) is 18.3. The molecule has 0 radical (unpaired) electrons. The van der Waals surface area contributed by atoms with Crippen LogP contribution in [0.5, 0.6) is 5.88 Å². The topological polar surface area (TPSA) is 109 Å². The van der Waals surface area contributed by atoms with E-state index in [4.69, 9.17) is 17.3 Å². The standard InChI is InChI=1S/C11H8ClN5O2/c12-6-3-1-2-5(4-6)7-8(18)14-11-15-10(13)16-17(11)9(7)19/h1-4,19H,(H3,13,14,15,16,18). The first-order valence-corrected chi connectivity index (χ1v) is 5.67. The van der Waals surface area contributed by atoms with Crippen LogP contribution in [-0.2, 0) is 0 Å². The van der Waals surface area contributed by atoms with Crippen molar-refractivity contribution in [3.05, 3.63) is 39.6 Å². The highest BCUT2D eigenvalue weighted by Gasteiger charge is 2.16. The SMILES string of the molecule is Nc1nc2[nH]c(=O)c(-c3cccc(Cl)c3)c(O)n2n1. The number of hydrogen-bond acceptors (Lipinski definition) is 5. The Kier molecular flexibility index (Phi) is 2.42. The summed E-state index contributed by atoms with van der Waals surface area (Å²) in [5.41, 5.74) is 5.45. The molecule has 19 heavy (non-hydrogen) atoms. The lowest BCUT2D eigenvalue weighted by Crippen LogP contribution is -2.12. The number of fused-ring (bicyclic) bond motifs is 1. The lowest BCUT2D eigenvalue weighted by Gasteiger charge is -2.05. The first kappa shape index (κ1) is 11.5. The molecule has 0 unspecified atom stereocenters. The van der Waals surface area contributed by atoms with Gasteiger partial charge in [-0.15, -0.1) is 5.10 Å². The van der Waals surface area contributed by atoms with Gasteiger partial charge in [0.25, 0.3) is 5.56 Å². The molecule has 0 saturated carbocycles. The van der Waals surface area contributed by atoms with Crippen LogP contribution >= 0.6 is 11.6 Å². The van der Waals surface area contributed by atoms with E-state index in [0.717, 1.165) is 4.52 Å². The third kappa shape index (κ3) is 1.80. The van der Waals surface area contributed by atoms with Crippen LogP contribution in [-0.4, -0.2) is 24.7 Å². The Morgan fingerprint density at radius 2 is 2.21 bits per heavy atom. The van der Waals surface area contributed by atoms with E-state index < -0.39 is 5.56 Å². The van der Waals surface area contributed by atoms with Crippen LogP contribution in [0.15, 0.2) is 29.1 Å². The normalized spacial score (nSPS) is 11.0. The third-order valence-electron chi connectivity index (χ3n) is 2.61. The van der Waals surface area contributed by atoms with Gasteiger partial charge < -0.3 is 10.8 Å². The zero-order valence-corrected chi connectivity index (χ0v) is 10.2. The number of nitrogens with zero attached hydrogens (tertiary/aromatic N) is 3. The predicted octanol–water partition coefficient (Wildman–Crippen LogP) is 1.03. The summed E-state index contributed by atoms with van der Waals surface area (Å²) in [5.74, 6) is -0.315. The molecule has 4 N–H and O–H groups in total. The number of halogens is 1. The van der Waals surface area contributed by atoms with Crippen LogP contribution in [0.3, 0.4) is 0 Å². The van der Waals surface area contributed by atoms with Crippen molar-refractivity contribution in [2.45, 2.75) is 0 Å². The van der Waals surface area contributed by atoms with E-state index in [0.29, 0.717) is 10.6 Å². The van der Waals surface area contributed by atoms with Crippen LogP contribution in [0.4, 0.5) is 5.95 Å². The van der Waals surface area contributed by atoms with Gasteiger partial charge in [0.15, 0.2) is 0 Å². The van der Waals surface area contributed by atoms with E-state index in [2.05, 4.69) is 15.1 Å². The maximum Gasteiger partial charge on any atom is 0.264 e. The molecule has 0 atom stereocenters. The second kappa shape index (κ2) is 3.99. The average molecular weight is 278 g/mol. The number of nitrogens with one attached hydrogen (secondary N) is 1. The third-order valence-corrected chi connectivity index (χ3v) is 2.85. The molecular weight excluding hydrogens is 270 g/mol. The Bertz CT molecular complexity index is 839. The van der Waals surface area contributed by atoms with Gasteiger partial charge >= 0.3 is 0 Å². The molecule has 0 aliphatic rings. The second-order valence-electron chi connectivity index (χ2n) is 3.87. The molecular formula is C11H8ClN5O2. The summed E-state index contributed by atoms with van der Waals surface area (Å²) in [6.07, 6.45) is 0. The van der Waals surface area contributed by atoms with Crippen LogP contribution in [0.25, 0.3) is 16.9 Å². The molecule has 1 aromatic carbocycles. The molecule has 7 nitrogen and oxygen atoms in total. The largest absolute Gasteiger partial charge is 0.493 e. The van der Waals surface area contributed by atoms with Crippen molar-refractivity contribution in [2.75, 3.05) is 5.73 Å². The molecule has 0 aliphatic carbocycles. The van der Waals surface area contributed by atoms with Gasteiger partial charge in [0.05, 0.1) is 0 Å². The summed E-state index contributed by atoms with van der Waals surface area (Å²) < 4.78 is 1.06. The van der Waals surface area contributed by atoms with Crippen LogP contribution in [0.2, 0.25) is 5.02 Å². The number of H-pyrrole nitrogens is 1. The molecule has 0 amide bonds. The van der Waals surface area contributed by atoms with Gasteiger partial charge in [-0.25, -0.2) is 0 Å². The van der Waals surface area contributed by atoms with E-state index in [9.17, 15) is 9.90 Å². The highest BCUT2D eigenvalue weighted by molar-refractivity contribution is 6.30. The van der Waals surface area contributed by atoms with Crippen molar-refractivity contribution < 1.29 is 5.11 Å². The molecule has 2 aromatic heterocycles. The van der Waals surface area contributed by atoms with Gasteiger partial charge in [0, 0.05) is 5.02 Å². The molecule has 0 spiro atoms. The first-order valence-electron chi connectivity index (χ1n) is 5.29. The number of benzene rings is 1. The van der Waals surface area contributed by atoms with Gasteiger partial charge in [0.2, 0.25) is 17.6 Å². The number of hydrogen-bond donors (Lipinski definition) is 3. The summed E-state index contributed by atoms with van der Waals surface area (Å²) in [6, 6.07) is 6.57. The highest BCUT2D eigenvalue weighted by Crippen LogP contribution is 2.27. The van der Waals surface area contributed by atoms with Gasteiger partial charge in [-0.05, 0) is 17.7 Å². The van der Waals surface area contributed by atoms with Gasteiger partial charge in [0.1, 0.15) is 5.56 Å². The Labute approximate surface area is 111 Å². The van der Waals surface area contributed by atoms with Crippen molar-refractivity contribution in [1.29, 1.82) is 0 Å². The predicted molar refractivity (Wildman–Crippen MR) is 70.1 cm³/mol. The molecule has 3 aromatic rings. The average Bonchev–Trinajstić information content (AvgIpc) is 2.70. The van der Waals surface area contributed by atoms with E-state index in [1.165, 1.54) is 0 Å². The van der Waals surface area contributed by atoms with Crippen molar-refractivity contribution in [3.63, 3.8) is 0 Å². The number of anilines is 1. The van der Waals surface area contributed by atoms with Crippen LogP contribution in [0, 0.1) is 0 Å². The molecule has 0 fully saturated rings. The fourth-order valence-electron chi connectivity index (χ4n) is 1.83. The lowest BCUT2D eigenvalue weighted by atomic mass is 10.1. The number of nitrogen functional groups attached to an aromatic ring is 1. The van der Waals surface area contributed by atoms with Gasteiger partial charge in [-0.2, -0.15) is 9.50 Å². The highest BCUT2D eigenvalue weighted by atomic mass is 35.5. The maximum absolute atomic E-state index is 12.0. The smallest absolute Gasteiger partial charge is 0.264 e. The Morgan fingerprint density at radius 3 is 2.95 bits per heavy atom. The number of aromatic nitrogens is 4. The van der Waals surface area contributed by atoms with Crippen molar-refractivity contribution >= 4 is 23.3 Å². The molecule has 3 rings (SSSR count). The minimum Gasteiger partial charge on any atom is -0.493 e. The van der Waals surface area contributed by atoms with E-state index >= 15 is 0 Å². The molecule has 8 heteroatoms. The summed E-state index contributed by atoms with van der Waals surface area (Å²) >= 11 is 5.87. The fourth-order valence-corrected chi connectivity index (χ4v) is 2.02. The number of aromatic amines is 1. The monoisotopic (exact) mass is 277 g/mol. The Balaban J connectivity index is 2.38. The maximum atomic E-state index is 12.0. The minimum atomic E-state index is -0.500. The van der Waals surface area contributed by atoms with Gasteiger partial charge in [-0.3, -0.25) is 9.78 Å². The van der Waals surface area contributed by atoms with Crippen molar-refractivity contribution in [1.82, 2.24) is 19.6 Å². The summed E-state index contributed by atoms with van der Waals surface area (Å²) in [7, 11) is 0. The molecule has 0 aliphatic heterocycles. The Hall–Kier alpha value is -2.54. The molecule has 2 heterocycles. The number of rotatable bonds is 1. The van der Waals surface area contributed by atoms with Gasteiger partial charge in [-0.1, -0.05) is 23.7 Å². The Morgan fingerprint density at radius 1 is 1.42 bits per heavy atom. The molecule has 0 bridgehead atoms. The van der Waals surface area contributed by atoms with Crippen molar-refractivity contribution in [3.8, 4) is 17.0 Å². The molecule has 0 saturated heterocycles. The van der Waals surface area contributed by atoms with E-state index in [1.807, 2.05) is 0 Å². The van der Waals surface area contributed by atoms with Crippen LogP contribution < -0.4 is 11.3 Å². The quantitative estimate of drug-likeness (QED) is 0.615. The van der Waals surface area contributed by atoms with E-state index in [-0.39, 0.29) is 23.2 Å². The first-order chi connectivity index (χ1) is 9.06. The lowest BCUT2D eigenvalue weighted by molar-refractivity contribution is 0.437. The summed E-state index contributed by atoms with van der Waals surface area (Å²) in [5, 5.41) is 14.4. The van der Waals surface area contributed by atoms with E-state index in [1.54, 1.807) is 24.3 Å². The second-order valence-corrected chi connectivity index (χ2v) is 4.30. The zero-order valence-electron chi connectivity index (χ0n) is 9.46.